The van der Waals surface area contributed by atoms with Crippen LogP contribution in [0.4, 0.5) is 0 Å². The lowest BCUT2D eigenvalue weighted by molar-refractivity contribution is -0.107. The van der Waals surface area contributed by atoms with Gasteiger partial charge in [0.05, 0.1) is 7.11 Å². The summed E-state index contributed by atoms with van der Waals surface area (Å²) in [6, 6.07) is 10.9. The Morgan fingerprint density at radius 1 is 1.12 bits per heavy atom. The van der Waals surface area contributed by atoms with E-state index >= 15 is 0 Å². The van der Waals surface area contributed by atoms with E-state index in [4.69, 9.17) is 20.8 Å². The third kappa shape index (κ3) is 3.05. The number of carbonyl (C=O) groups excluding carboxylic acids is 2. The van der Waals surface area contributed by atoms with E-state index in [2.05, 4.69) is 0 Å². The Morgan fingerprint density at radius 2 is 1.96 bits per heavy atom. The summed E-state index contributed by atoms with van der Waals surface area (Å²) >= 11 is 6.23. The molecule has 5 heteroatoms. The minimum atomic E-state index is 0.240. The van der Waals surface area contributed by atoms with E-state index in [1.54, 1.807) is 25.3 Å². The molecule has 0 bridgehead atoms. The summed E-state index contributed by atoms with van der Waals surface area (Å²) in [6.07, 6.45) is 2.65. The maximum atomic E-state index is 11.0. The highest BCUT2D eigenvalue weighted by Gasteiger charge is 2.15. The van der Waals surface area contributed by atoms with Gasteiger partial charge in [-0.2, -0.15) is 0 Å². The van der Waals surface area contributed by atoms with Gasteiger partial charge in [0.1, 0.15) is 17.6 Å². The predicted molar refractivity (Wildman–Crippen MR) is 93.0 cm³/mol. The fourth-order valence-corrected chi connectivity index (χ4v) is 2.97. The van der Waals surface area contributed by atoms with Crippen LogP contribution < -0.4 is 4.74 Å². The summed E-state index contributed by atoms with van der Waals surface area (Å²) in [7, 11) is 1.59. The van der Waals surface area contributed by atoms with Crippen LogP contribution in [0, 0.1) is 0 Å². The van der Waals surface area contributed by atoms with Crippen LogP contribution in [-0.4, -0.2) is 19.7 Å². The molecule has 0 fully saturated rings. The van der Waals surface area contributed by atoms with E-state index in [1.165, 1.54) is 0 Å². The Hall–Kier alpha value is -2.59. The number of ether oxygens (including phenoxy) is 1. The molecule has 4 nitrogen and oxygen atoms in total. The van der Waals surface area contributed by atoms with Crippen molar-refractivity contribution in [2.75, 3.05) is 7.11 Å². The number of aldehydes is 2. The van der Waals surface area contributed by atoms with Gasteiger partial charge in [-0.05, 0) is 42.3 Å². The van der Waals surface area contributed by atoms with E-state index in [9.17, 15) is 9.59 Å². The Kier molecular flexibility index (Phi) is 4.67. The first-order valence-corrected chi connectivity index (χ1v) is 7.83. The second kappa shape index (κ2) is 6.89. The average molecular weight is 343 g/mol. The first-order chi connectivity index (χ1) is 11.7. The molecule has 0 aliphatic heterocycles. The van der Waals surface area contributed by atoms with Gasteiger partial charge >= 0.3 is 0 Å². The van der Waals surface area contributed by atoms with Crippen molar-refractivity contribution in [3.63, 3.8) is 0 Å². The highest BCUT2D eigenvalue weighted by molar-refractivity contribution is 6.32. The van der Waals surface area contributed by atoms with Crippen molar-refractivity contribution in [2.45, 2.75) is 12.8 Å². The quantitative estimate of drug-likeness (QED) is 0.609. The van der Waals surface area contributed by atoms with Gasteiger partial charge in [-0.15, -0.1) is 0 Å². The van der Waals surface area contributed by atoms with Crippen LogP contribution in [0.1, 0.15) is 22.5 Å². The maximum Gasteiger partial charge on any atom is 0.185 e. The molecule has 0 aliphatic rings. The van der Waals surface area contributed by atoms with Gasteiger partial charge in [0.25, 0.3) is 0 Å². The monoisotopic (exact) mass is 342 g/mol. The molecule has 0 saturated carbocycles. The summed E-state index contributed by atoms with van der Waals surface area (Å²) in [6.45, 7) is 0. The number of fused-ring (bicyclic) bond motifs is 1. The van der Waals surface area contributed by atoms with Crippen LogP contribution in [0.2, 0.25) is 5.02 Å². The van der Waals surface area contributed by atoms with E-state index in [1.807, 2.05) is 18.2 Å². The summed E-state index contributed by atoms with van der Waals surface area (Å²) in [5.74, 6) is 0.905. The van der Waals surface area contributed by atoms with E-state index < -0.39 is 0 Å². The third-order valence-corrected chi connectivity index (χ3v) is 4.04. The van der Waals surface area contributed by atoms with Gasteiger partial charge in [0.15, 0.2) is 12.0 Å². The van der Waals surface area contributed by atoms with Gasteiger partial charge in [-0.3, -0.25) is 4.79 Å². The van der Waals surface area contributed by atoms with Gasteiger partial charge in [-0.25, -0.2) is 0 Å². The maximum absolute atomic E-state index is 11.0. The highest BCUT2D eigenvalue weighted by Crippen LogP contribution is 2.39. The lowest BCUT2D eigenvalue weighted by Crippen LogP contribution is -1.92. The van der Waals surface area contributed by atoms with E-state index in [-0.39, 0.29) is 5.76 Å². The molecule has 0 amide bonds. The summed E-state index contributed by atoms with van der Waals surface area (Å²) < 4.78 is 11.1. The lowest BCUT2D eigenvalue weighted by atomic mass is 9.98. The van der Waals surface area contributed by atoms with Gasteiger partial charge < -0.3 is 13.9 Å². The largest absolute Gasteiger partial charge is 0.496 e. The summed E-state index contributed by atoms with van der Waals surface area (Å²) in [4.78, 5) is 21.6. The molecule has 24 heavy (non-hydrogen) atoms. The SMILES string of the molecule is COc1ccc(CCC=O)cc1-c1cc(Cl)cc2cc(C=O)oc12. The molecule has 0 N–H and O–H groups in total. The number of furan rings is 1. The molecular formula is C19H15ClO4. The number of aryl methyl sites for hydroxylation is 1. The number of hydrogen-bond donors (Lipinski definition) is 0. The zero-order valence-electron chi connectivity index (χ0n) is 13.0. The lowest BCUT2D eigenvalue weighted by Gasteiger charge is -2.12. The second-order valence-electron chi connectivity index (χ2n) is 5.38. The van der Waals surface area contributed by atoms with Crippen molar-refractivity contribution < 1.29 is 18.7 Å². The minimum absolute atomic E-state index is 0.240. The molecular weight excluding hydrogens is 328 g/mol. The number of carbonyl (C=O) groups is 2. The predicted octanol–water partition coefficient (Wildman–Crippen LogP) is 4.71. The molecule has 1 aromatic heterocycles. The molecule has 2 aromatic carbocycles. The van der Waals surface area contributed by atoms with Crippen molar-refractivity contribution in [2.24, 2.45) is 0 Å². The van der Waals surface area contributed by atoms with Gasteiger partial charge in [0, 0.05) is 28.0 Å². The third-order valence-electron chi connectivity index (χ3n) is 3.82. The molecule has 0 atom stereocenters. The van der Waals surface area contributed by atoms with Crippen LogP contribution in [0.3, 0.4) is 0 Å². The van der Waals surface area contributed by atoms with Crippen molar-refractivity contribution in [3.8, 4) is 16.9 Å². The van der Waals surface area contributed by atoms with Crippen LogP contribution in [0.5, 0.6) is 5.75 Å². The molecule has 0 unspecified atom stereocenters. The zero-order valence-corrected chi connectivity index (χ0v) is 13.8. The first kappa shape index (κ1) is 16.3. The number of hydrogen-bond acceptors (Lipinski definition) is 4. The fraction of sp³-hybridized carbons (Fsp3) is 0.158. The van der Waals surface area contributed by atoms with Crippen molar-refractivity contribution in [3.05, 3.63) is 52.7 Å². The van der Waals surface area contributed by atoms with Gasteiger partial charge in [0.2, 0.25) is 0 Å². The highest BCUT2D eigenvalue weighted by atomic mass is 35.5. The van der Waals surface area contributed by atoms with Gasteiger partial charge in [-0.1, -0.05) is 17.7 Å². The van der Waals surface area contributed by atoms with Crippen LogP contribution in [-0.2, 0) is 11.2 Å². The second-order valence-corrected chi connectivity index (χ2v) is 5.81. The molecule has 3 aromatic rings. The van der Waals surface area contributed by atoms with Crippen molar-refractivity contribution >= 4 is 35.1 Å². The molecule has 0 aliphatic carbocycles. The average Bonchev–Trinajstić information content (AvgIpc) is 3.01. The standard InChI is InChI=1S/C19H15ClO4/c1-23-18-5-4-12(3-2-6-21)7-16(18)17-10-14(20)8-13-9-15(11-22)24-19(13)17/h4-11H,2-3H2,1H3. The summed E-state index contributed by atoms with van der Waals surface area (Å²) in [5.41, 5.74) is 3.14. The van der Waals surface area contributed by atoms with Crippen LogP contribution >= 0.6 is 11.6 Å². The van der Waals surface area contributed by atoms with Crippen LogP contribution in [0.15, 0.2) is 40.8 Å². The number of methoxy groups -OCH3 is 1. The molecule has 0 radical (unpaired) electrons. The summed E-state index contributed by atoms with van der Waals surface area (Å²) in [5, 5.41) is 1.29. The molecule has 0 spiro atoms. The van der Waals surface area contributed by atoms with E-state index in [0.717, 1.165) is 28.4 Å². The first-order valence-electron chi connectivity index (χ1n) is 7.45. The number of rotatable bonds is 6. The van der Waals surface area contributed by atoms with Crippen LogP contribution in [0.25, 0.3) is 22.1 Å². The fourth-order valence-electron chi connectivity index (χ4n) is 2.74. The topological polar surface area (TPSA) is 56.5 Å². The minimum Gasteiger partial charge on any atom is -0.496 e. The van der Waals surface area contributed by atoms with Crippen molar-refractivity contribution in [1.82, 2.24) is 0 Å². The molecule has 0 saturated heterocycles. The Morgan fingerprint density at radius 3 is 2.67 bits per heavy atom. The molecule has 122 valence electrons. The van der Waals surface area contributed by atoms with E-state index in [0.29, 0.717) is 35.5 Å². The smallest absolute Gasteiger partial charge is 0.185 e. The number of halogens is 1. The normalized spacial score (nSPS) is 10.8. The van der Waals surface area contributed by atoms with Crippen molar-refractivity contribution in [1.29, 1.82) is 0 Å². The Balaban J connectivity index is 2.23. The molecule has 1 heterocycles. The Labute approximate surface area is 144 Å². The number of benzene rings is 2. The zero-order chi connectivity index (χ0) is 17.1. The Bertz CT molecular complexity index is 911. The molecule has 3 rings (SSSR count).